The third kappa shape index (κ3) is 4.14. The predicted octanol–water partition coefficient (Wildman–Crippen LogP) is 3.08. The number of hydrogen-bond donors (Lipinski definition) is 1. The Balaban J connectivity index is 1.34. The Bertz CT molecular complexity index is 941. The van der Waals surface area contributed by atoms with Crippen molar-refractivity contribution in [2.45, 2.75) is 18.9 Å². The number of benzene rings is 1. The number of rotatable bonds is 4. The van der Waals surface area contributed by atoms with Crippen molar-refractivity contribution >= 4 is 11.9 Å². The standard InChI is InChI=1S/C21H20FN5O/c22-17-4-1-3-15(13-17)19-6-5-16(14-25-19)20(28)26-18-7-11-27(12-8-18)21-23-9-2-10-24-21/h1-6,9-10,13-14,18H,7-8,11-12H2,(H,26,28). The van der Waals surface area contributed by atoms with Crippen molar-refractivity contribution in [1.29, 1.82) is 0 Å². The molecule has 28 heavy (non-hydrogen) atoms. The Morgan fingerprint density at radius 2 is 1.82 bits per heavy atom. The molecular formula is C21H20FN5O. The number of anilines is 1. The van der Waals surface area contributed by atoms with Crippen molar-refractivity contribution in [2.75, 3.05) is 18.0 Å². The molecule has 2 aromatic heterocycles. The van der Waals surface area contributed by atoms with Crippen LogP contribution >= 0.6 is 0 Å². The van der Waals surface area contributed by atoms with Crippen molar-refractivity contribution < 1.29 is 9.18 Å². The second-order valence-corrected chi connectivity index (χ2v) is 6.73. The number of pyridine rings is 1. The molecule has 1 fully saturated rings. The van der Waals surface area contributed by atoms with Gasteiger partial charge >= 0.3 is 0 Å². The van der Waals surface area contributed by atoms with Gasteiger partial charge < -0.3 is 10.2 Å². The smallest absolute Gasteiger partial charge is 0.253 e. The van der Waals surface area contributed by atoms with Crippen LogP contribution in [-0.4, -0.2) is 40.0 Å². The topological polar surface area (TPSA) is 71.0 Å². The van der Waals surface area contributed by atoms with E-state index in [2.05, 4.69) is 25.2 Å². The van der Waals surface area contributed by atoms with Crippen molar-refractivity contribution in [1.82, 2.24) is 20.3 Å². The summed E-state index contributed by atoms with van der Waals surface area (Å²) in [4.78, 5) is 27.5. The van der Waals surface area contributed by atoms with Gasteiger partial charge in [0.15, 0.2) is 0 Å². The van der Waals surface area contributed by atoms with Crippen LogP contribution in [0.1, 0.15) is 23.2 Å². The molecular weight excluding hydrogens is 357 g/mol. The van der Waals surface area contributed by atoms with E-state index < -0.39 is 0 Å². The van der Waals surface area contributed by atoms with E-state index in [0.717, 1.165) is 31.9 Å². The van der Waals surface area contributed by atoms with Crippen molar-refractivity contribution in [2.24, 2.45) is 0 Å². The summed E-state index contributed by atoms with van der Waals surface area (Å²) in [5.74, 6) is 0.269. The van der Waals surface area contributed by atoms with Crippen LogP contribution in [0.2, 0.25) is 0 Å². The molecule has 1 aliphatic heterocycles. The highest BCUT2D eigenvalue weighted by molar-refractivity contribution is 5.94. The van der Waals surface area contributed by atoms with Crippen LogP contribution < -0.4 is 10.2 Å². The van der Waals surface area contributed by atoms with Crippen LogP contribution in [0.5, 0.6) is 0 Å². The summed E-state index contributed by atoms with van der Waals surface area (Å²) in [5, 5.41) is 3.07. The van der Waals surface area contributed by atoms with Gasteiger partial charge in [-0.2, -0.15) is 0 Å². The Morgan fingerprint density at radius 3 is 2.50 bits per heavy atom. The molecule has 0 bridgehead atoms. The van der Waals surface area contributed by atoms with Crippen LogP contribution in [0.15, 0.2) is 61.1 Å². The number of hydrogen-bond acceptors (Lipinski definition) is 5. The van der Waals surface area contributed by atoms with Crippen LogP contribution in [0.3, 0.4) is 0 Å². The summed E-state index contributed by atoms with van der Waals surface area (Å²) >= 11 is 0. The monoisotopic (exact) mass is 377 g/mol. The molecule has 1 aliphatic rings. The summed E-state index contributed by atoms with van der Waals surface area (Å²) < 4.78 is 13.4. The van der Waals surface area contributed by atoms with E-state index in [1.807, 2.05) is 0 Å². The maximum atomic E-state index is 13.4. The first-order chi connectivity index (χ1) is 13.7. The van der Waals surface area contributed by atoms with Crippen molar-refractivity contribution in [3.8, 4) is 11.3 Å². The summed E-state index contributed by atoms with van der Waals surface area (Å²) in [6, 6.07) is 11.6. The van der Waals surface area contributed by atoms with Crippen LogP contribution in [0.4, 0.5) is 10.3 Å². The van der Waals surface area contributed by atoms with Gasteiger partial charge in [0.1, 0.15) is 5.82 Å². The zero-order chi connectivity index (χ0) is 19.3. The first-order valence-corrected chi connectivity index (χ1v) is 9.24. The number of carbonyl (C=O) groups excluding carboxylic acids is 1. The fourth-order valence-corrected chi connectivity index (χ4v) is 3.29. The highest BCUT2D eigenvalue weighted by Crippen LogP contribution is 2.19. The number of aromatic nitrogens is 3. The lowest BCUT2D eigenvalue weighted by Crippen LogP contribution is -2.45. The molecule has 0 spiro atoms. The van der Waals surface area contributed by atoms with E-state index in [1.165, 1.54) is 18.3 Å². The van der Waals surface area contributed by atoms with Crippen molar-refractivity contribution in [3.05, 3.63) is 72.4 Å². The van der Waals surface area contributed by atoms with E-state index in [9.17, 15) is 9.18 Å². The molecule has 1 aromatic carbocycles. The minimum absolute atomic E-state index is 0.107. The predicted molar refractivity (Wildman–Crippen MR) is 104 cm³/mol. The van der Waals surface area contributed by atoms with Gasteiger partial charge in [-0.15, -0.1) is 0 Å². The molecule has 3 aromatic rings. The SMILES string of the molecule is O=C(NC1CCN(c2ncccn2)CC1)c1ccc(-c2cccc(F)c2)nc1. The summed E-state index contributed by atoms with van der Waals surface area (Å²) in [7, 11) is 0. The molecule has 1 saturated heterocycles. The molecule has 6 nitrogen and oxygen atoms in total. The van der Waals surface area contributed by atoms with Gasteiger partial charge in [-0.3, -0.25) is 9.78 Å². The molecule has 0 saturated carbocycles. The van der Waals surface area contributed by atoms with Crippen LogP contribution in [0.25, 0.3) is 11.3 Å². The number of nitrogens with one attached hydrogen (secondary N) is 1. The normalized spacial score (nSPS) is 14.7. The average Bonchev–Trinajstić information content (AvgIpc) is 2.75. The number of piperidine rings is 1. The zero-order valence-electron chi connectivity index (χ0n) is 15.3. The second-order valence-electron chi connectivity index (χ2n) is 6.73. The van der Waals surface area contributed by atoms with Crippen molar-refractivity contribution in [3.63, 3.8) is 0 Å². The fraction of sp³-hybridized carbons (Fsp3) is 0.238. The van der Waals surface area contributed by atoms with E-state index in [1.54, 1.807) is 42.7 Å². The minimum atomic E-state index is -0.312. The molecule has 0 atom stereocenters. The van der Waals surface area contributed by atoms with Gasteiger partial charge in [0.05, 0.1) is 11.3 Å². The minimum Gasteiger partial charge on any atom is -0.349 e. The van der Waals surface area contributed by atoms with Gasteiger partial charge in [-0.25, -0.2) is 14.4 Å². The third-order valence-corrected chi connectivity index (χ3v) is 4.81. The number of halogens is 1. The summed E-state index contributed by atoms with van der Waals surface area (Å²) in [5.41, 5.74) is 1.81. The van der Waals surface area contributed by atoms with Crippen LogP contribution in [-0.2, 0) is 0 Å². The molecule has 0 aliphatic carbocycles. The van der Waals surface area contributed by atoms with Gasteiger partial charge in [0.25, 0.3) is 5.91 Å². The molecule has 1 N–H and O–H groups in total. The van der Waals surface area contributed by atoms with Gasteiger partial charge in [-0.1, -0.05) is 12.1 Å². The average molecular weight is 377 g/mol. The lowest BCUT2D eigenvalue weighted by atomic mass is 10.0. The highest BCUT2D eigenvalue weighted by atomic mass is 19.1. The number of carbonyl (C=O) groups is 1. The number of amides is 1. The van der Waals surface area contributed by atoms with E-state index in [-0.39, 0.29) is 17.8 Å². The largest absolute Gasteiger partial charge is 0.349 e. The molecule has 0 radical (unpaired) electrons. The third-order valence-electron chi connectivity index (χ3n) is 4.81. The lowest BCUT2D eigenvalue weighted by Gasteiger charge is -2.32. The quantitative estimate of drug-likeness (QED) is 0.757. The first-order valence-electron chi connectivity index (χ1n) is 9.24. The molecule has 0 unspecified atom stereocenters. The van der Waals surface area contributed by atoms with Crippen LogP contribution in [0, 0.1) is 5.82 Å². The van der Waals surface area contributed by atoms with Gasteiger partial charge in [0.2, 0.25) is 5.95 Å². The summed E-state index contributed by atoms with van der Waals surface area (Å²) in [6.45, 7) is 1.59. The Labute approximate surface area is 162 Å². The van der Waals surface area contributed by atoms with E-state index in [0.29, 0.717) is 16.8 Å². The molecule has 1 amide bonds. The second kappa shape index (κ2) is 8.12. The molecule has 142 valence electrons. The maximum absolute atomic E-state index is 13.4. The number of nitrogens with zero attached hydrogens (tertiary/aromatic N) is 4. The summed E-state index contributed by atoms with van der Waals surface area (Å²) in [6.07, 6.45) is 6.66. The Hall–Kier alpha value is -3.35. The fourth-order valence-electron chi connectivity index (χ4n) is 3.29. The molecule has 7 heteroatoms. The Morgan fingerprint density at radius 1 is 1.04 bits per heavy atom. The molecule has 3 heterocycles. The van der Waals surface area contributed by atoms with Gasteiger partial charge in [0, 0.05) is 43.3 Å². The van der Waals surface area contributed by atoms with E-state index >= 15 is 0 Å². The zero-order valence-corrected chi connectivity index (χ0v) is 15.3. The molecule has 4 rings (SSSR count). The highest BCUT2D eigenvalue weighted by Gasteiger charge is 2.22. The lowest BCUT2D eigenvalue weighted by molar-refractivity contribution is 0.0930. The van der Waals surface area contributed by atoms with Gasteiger partial charge in [-0.05, 0) is 43.2 Å². The maximum Gasteiger partial charge on any atom is 0.253 e. The van der Waals surface area contributed by atoms with E-state index in [4.69, 9.17) is 0 Å². The first kappa shape index (κ1) is 18.0. The Kier molecular flexibility index (Phi) is 5.23.